The molecule has 0 bridgehead atoms. The van der Waals surface area contributed by atoms with Gasteiger partial charge in [0.15, 0.2) is 0 Å². The Morgan fingerprint density at radius 3 is 2.61 bits per heavy atom. The van der Waals surface area contributed by atoms with Crippen LogP contribution < -0.4 is 0 Å². The molecular formula is C18H17FN2O2. The number of hydrogen-bond donors (Lipinski definition) is 2. The van der Waals surface area contributed by atoms with E-state index in [4.69, 9.17) is 0 Å². The minimum absolute atomic E-state index is 0.0167. The highest BCUT2D eigenvalue weighted by Crippen LogP contribution is 2.39. The first-order valence-electron chi connectivity index (χ1n) is 7.84. The Bertz CT molecular complexity index is 882. The fraction of sp³-hybridized carbons (Fsp3) is 0.278. The Hall–Kier alpha value is -2.56. The number of phenols is 2. The second-order valence-electron chi connectivity index (χ2n) is 6.07. The summed E-state index contributed by atoms with van der Waals surface area (Å²) in [5, 5.41) is 24.9. The second kappa shape index (κ2) is 5.26. The summed E-state index contributed by atoms with van der Waals surface area (Å²) >= 11 is 0. The van der Waals surface area contributed by atoms with Crippen LogP contribution in [-0.4, -0.2) is 20.0 Å². The van der Waals surface area contributed by atoms with Crippen LogP contribution in [0.25, 0.3) is 22.2 Å². The Morgan fingerprint density at radius 1 is 1.09 bits per heavy atom. The van der Waals surface area contributed by atoms with Gasteiger partial charge in [0.1, 0.15) is 28.5 Å². The highest BCUT2D eigenvalue weighted by atomic mass is 19.1. The zero-order chi connectivity index (χ0) is 16.0. The summed E-state index contributed by atoms with van der Waals surface area (Å²) in [5.41, 5.74) is 1.53. The number of fused-ring (bicyclic) bond motifs is 1. The van der Waals surface area contributed by atoms with E-state index >= 15 is 0 Å². The third kappa shape index (κ3) is 2.23. The quantitative estimate of drug-likeness (QED) is 0.739. The lowest BCUT2D eigenvalue weighted by molar-refractivity contribution is 0.451. The molecule has 2 N–H and O–H groups in total. The molecule has 1 heterocycles. The number of benzene rings is 2. The van der Waals surface area contributed by atoms with Crippen LogP contribution in [0.15, 0.2) is 36.4 Å². The summed E-state index contributed by atoms with van der Waals surface area (Å²) in [7, 11) is 0. The average molecular weight is 312 g/mol. The molecular weight excluding hydrogens is 295 g/mol. The van der Waals surface area contributed by atoms with Crippen LogP contribution in [0.4, 0.5) is 4.39 Å². The molecule has 0 atom stereocenters. The van der Waals surface area contributed by atoms with E-state index in [0.717, 1.165) is 25.7 Å². The molecule has 0 spiro atoms. The van der Waals surface area contributed by atoms with E-state index in [1.54, 1.807) is 16.8 Å². The Kier molecular flexibility index (Phi) is 3.22. The van der Waals surface area contributed by atoms with E-state index < -0.39 is 0 Å². The number of phenolic OH excluding ortho intramolecular Hbond substituents is 2. The number of para-hydroxylation sites is 1. The molecule has 1 aliphatic rings. The highest BCUT2D eigenvalue weighted by Gasteiger charge is 2.24. The Balaban J connectivity index is 1.98. The molecule has 0 unspecified atom stereocenters. The lowest BCUT2D eigenvalue weighted by Crippen LogP contribution is -2.07. The Labute approximate surface area is 132 Å². The lowest BCUT2D eigenvalue weighted by Gasteiger charge is -2.11. The minimum Gasteiger partial charge on any atom is -0.508 e. The minimum atomic E-state index is -0.300. The van der Waals surface area contributed by atoms with Crippen molar-refractivity contribution in [3.8, 4) is 22.8 Å². The molecule has 0 amide bonds. The predicted octanol–water partition coefficient (Wildman–Crippen LogP) is 4.37. The number of hydrogen-bond acceptors (Lipinski definition) is 3. The van der Waals surface area contributed by atoms with E-state index in [-0.39, 0.29) is 23.4 Å². The normalized spacial score (nSPS) is 15.5. The molecule has 1 aromatic heterocycles. The summed E-state index contributed by atoms with van der Waals surface area (Å²) in [6, 6.07) is 9.48. The van der Waals surface area contributed by atoms with Crippen LogP contribution >= 0.6 is 0 Å². The van der Waals surface area contributed by atoms with Gasteiger partial charge in [-0.15, -0.1) is 0 Å². The van der Waals surface area contributed by atoms with Crippen molar-refractivity contribution < 1.29 is 14.6 Å². The van der Waals surface area contributed by atoms with Gasteiger partial charge in [0.2, 0.25) is 0 Å². The van der Waals surface area contributed by atoms with Crippen molar-refractivity contribution in [2.45, 2.75) is 31.7 Å². The third-order valence-corrected chi connectivity index (χ3v) is 4.59. The summed E-state index contributed by atoms with van der Waals surface area (Å²) in [6.07, 6.45) is 4.23. The van der Waals surface area contributed by atoms with Gasteiger partial charge in [-0.25, -0.2) is 4.39 Å². The van der Waals surface area contributed by atoms with Crippen LogP contribution in [0.1, 0.15) is 31.7 Å². The van der Waals surface area contributed by atoms with Gasteiger partial charge in [0.05, 0.1) is 6.04 Å². The van der Waals surface area contributed by atoms with Crippen LogP contribution in [0.5, 0.6) is 11.5 Å². The molecule has 0 radical (unpaired) electrons. The van der Waals surface area contributed by atoms with Crippen molar-refractivity contribution in [3.05, 3.63) is 42.2 Å². The van der Waals surface area contributed by atoms with Crippen molar-refractivity contribution in [2.75, 3.05) is 0 Å². The zero-order valence-corrected chi connectivity index (χ0v) is 12.5. The number of rotatable bonds is 2. The fourth-order valence-corrected chi connectivity index (χ4v) is 3.48. The van der Waals surface area contributed by atoms with Gasteiger partial charge in [-0.05, 0) is 31.0 Å². The molecule has 3 aromatic rings. The molecule has 1 saturated carbocycles. The molecule has 4 nitrogen and oxygen atoms in total. The number of halogens is 1. The van der Waals surface area contributed by atoms with Gasteiger partial charge >= 0.3 is 0 Å². The standard InChI is InChI=1S/C18H17FN2O2/c19-15-7-3-6-14-17(13-9-8-12(22)10-16(13)23)20-21(18(14)15)11-4-1-2-5-11/h3,6-11,22-23H,1-2,4-5H2. The first kappa shape index (κ1) is 14.1. The summed E-state index contributed by atoms with van der Waals surface area (Å²) in [5.74, 6) is -0.379. The first-order valence-corrected chi connectivity index (χ1v) is 7.84. The zero-order valence-electron chi connectivity index (χ0n) is 12.5. The van der Waals surface area contributed by atoms with Crippen LogP contribution in [-0.2, 0) is 0 Å². The molecule has 2 aromatic carbocycles. The average Bonchev–Trinajstić information content (AvgIpc) is 3.15. The van der Waals surface area contributed by atoms with Gasteiger partial charge < -0.3 is 10.2 Å². The molecule has 5 heteroatoms. The molecule has 118 valence electrons. The molecule has 1 fully saturated rings. The number of nitrogens with zero attached hydrogens (tertiary/aromatic N) is 2. The monoisotopic (exact) mass is 312 g/mol. The van der Waals surface area contributed by atoms with Crippen molar-refractivity contribution in [3.63, 3.8) is 0 Å². The van der Waals surface area contributed by atoms with Crippen molar-refractivity contribution in [1.29, 1.82) is 0 Å². The molecule has 4 rings (SSSR count). The van der Waals surface area contributed by atoms with Gasteiger partial charge in [0.25, 0.3) is 0 Å². The fourth-order valence-electron chi connectivity index (χ4n) is 3.48. The van der Waals surface area contributed by atoms with E-state index in [0.29, 0.717) is 22.2 Å². The maximum Gasteiger partial charge on any atom is 0.149 e. The predicted molar refractivity (Wildman–Crippen MR) is 86.0 cm³/mol. The summed E-state index contributed by atoms with van der Waals surface area (Å²) in [4.78, 5) is 0. The van der Waals surface area contributed by atoms with E-state index in [1.807, 2.05) is 6.07 Å². The van der Waals surface area contributed by atoms with Crippen molar-refractivity contribution in [1.82, 2.24) is 9.78 Å². The summed E-state index contributed by atoms with van der Waals surface area (Å²) < 4.78 is 16.2. The second-order valence-corrected chi connectivity index (χ2v) is 6.07. The summed E-state index contributed by atoms with van der Waals surface area (Å²) in [6.45, 7) is 0. The largest absolute Gasteiger partial charge is 0.508 e. The van der Waals surface area contributed by atoms with Crippen LogP contribution in [0.3, 0.4) is 0 Å². The van der Waals surface area contributed by atoms with Gasteiger partial charge in [-0.2, -0.15) is 5.10 Å². The van der Waals surface area contributed by atoms with Gasteiger partial charge in [0, 0.05) is 17.0 Å². The SMILES string of the molecule is Oc1ccc(-c2nn(C3CCCC3)c3c(F)cccc23)c(O)c1. The molecule has 23 heavy (non-hydrogen) atoms. The number of aromatic nitrogens is 2. The van der Waals surface area contributed by atoms with Crippen molar-refractivity contribution >= 4 is 10.9 Å². The van der Waals surface area contributed by atoms with Gasteiger partial charge in [-0.3, -0.25) is 4.68 Å². The molecule has 0 aliphatic heterocycles. The van der Waals surface area contributed by atoms with E-state index in [2.05, 4.69) is 5.10 Å². The lowest BCUT2D eigenvalue weighted by atomic mass is 10.1. The van der Waals surface area contributed by atoms with E-state index in [1.165, 1.54) is 18.2 Å². The highest BCUT2D eigenvalue weighted by molar-refractivity contribution is 5.95. The maximum absolute atomic E-state index is 14.4. The van der Waals surface area contributed by atoms with Crippen LogP contribution in [0, 0.1) is 5.82 Å². The topological polar surface area (TPSA) is 58.3 Å². The smallest absolute Gasteiger partial charge is 0.149 e. The maximum atomic E-state index is 14.4. The van der Waals surface area contributed by atoms with Gasteiger partial charge in [-0.1, -0.05) is 25.0 Å². The van der Waals surface area contributed by atoms with Crippen LogP contribution in [0.2, 0.25) is 0 Å². The molecule has 0 saturated heterocycles. The Morgan fingerprint density at radius 2 is 1.87 bits per heavy atom. The number of aromatic hydroxyl groups is 2. The first-order chi connectivity index (χ1) is 11.1. The third-order valence-electron chi connectivity index (χ3n) is 4.59. The molecule has 1 aliphatic carbocycles. The van der Waals surface area contributed by atoms with Crippen molar-refractivity contribution in [2.24, 2.45) is 0 Å². The van der Waals surface area contributed by atoms with E-state index in [9.17, 15) is 14.6 Å².